The molecule has 0 spiro atoms. The first-order valence-electron chi connectivity index (χ1n) is 5.68. The van der Waals surface area contributed by atoms with Crippen LogP contribution in [0.5, 0.6) is 11.5 Å². The van der Waals surface area contributed by atoms with Crippen molar-refractivity contribution in [3.05, 3.63) is 23.8 Å². The highest BCUT2D eigenvalue weighted by Crippen LogP contribution is 2.26. The van der Waals surface area contributed by atoms with Crippen LogP contribution in [-0.4, -0.2) is 19.3 Å². The molecule has 1 aromatic rings. The molecule has 1 N–H and O–H groups in total. The first-order chi connectivity index (χ1) is 8.31. The summed E-state index contributed by atoms with van der Waals surface area (Å²) in [5.74, 6) is 0.631. The summed E-state index contributed by atoms with van der Waals surface area (Å²) in [6, 6.07) is 4.90. The summed E-state index contributed by atoms with van der Waals surface area (Å²) >= 11 is 0. The Kier molecular flexibility index (Phi) is 4.90. The van der Waals surface area contributed by atoms with Gasteiger partial charge in [-0.15, -0.1) is 0 Å². The quantitative estimate of drug-likeness (QED) is 0.881. The molecular formula is C13H19F2NO2. The Bertz CT molecular complexity index is 389. The maximum absolute atomic E-state index is 12.3. The zero-order valence-corrected chi connectivity index (χ0v) is 11.1. The maximum Gasteiger partial charge on any atom is 0.387 e. The number of rotatable bonds is 5. The minimum absolute atomic E-state index is 0.0952. The second kappa shape index (κ2) is 6.00. The summed E-state index contributed by atoms with van der Waals surface area (Å²) in [5, 5.41) is 3.22. The van der Waals surface area contributed by atoms with Crippen LogP contribution in [0.3, 0.4) is 0 Å². The standard InChI is InChI=1S/C13H19F2NO2/c1-13(2,3)16-8-9-5-6-10(17-4)7-11(9)18-12(14)15/h5-7,12,16H,8H2,1-4H3. The van der Waals surface area contributed by atoms with E-state index in [1.165, 1.54) is 13.2 Å². The van der Waals surface area contributed by atoms with E-state index in [1.807, 2.05) is 20.8 Å². The van der Waals surface area contributed by atoms with Crippen molar-refractivity contribution in [1.29, 1.82) is 0 Å². The highest BCUT2D eigenvalue weighted by Gasteiger charge is 2.14. The average molecular weight is 259 g/mol. The van der Waals surface area contributed by atoms with Crippen molar-refractivity contribution in [3.63, 3.8) is 0 Å². The third-order valence-electron chi connectivity index (χ3n) is 2.30. The van der Waals surface area contributed by atoms with Crippen LogP contribution in [0.1, 0.15) is 26.3 Å². The van der Waals surface area contributed by atoms with Crippen molar-refractivity contribution in [3.8, 4) is 11.5 Å². The first kappa shape index (κ1) is 14.7. The minimum atomic E-state index is -2.84. The van der Waals surface area contributed by atoms with E-state index in [0.717, 1.165) is 0 Å². The van der Waals surface area contributed by atoms with Gasteiger partial charge in [-0.2, -0.15) is 8.78 Å². The number of hydrogen-bond acceptors (Lipinski definition) is 3. The SMILES string of the molecule is COc1ccc(CNC(C)(C)C)c(OC(F)F)c1. The molecule has 0 aliphatic heterocycles. The summed E-state index contributed by atoms with van der Waals surface area (Å²) < 4.78 is 34.1. The lowest BCUT2D eigenvalue weighted by Gasteiger charge is -2.21. The lowest BCUT2D eigenvalue weighted by atomic mass is 10.1. The van der Waals surface area contributed by atoms with Gasteiger partial charge in [-0.05, 0) is 26.8 Å². The van der Waals surface area contributed by atoms with Crippen molar-refractivity contribution < 1.29 is 18.3 Å². The van der Waals surface area contributed by atoms with Gasteiger partial charge in [-0.1, -0.05) is 6.07 Å². The van der Waals surface area contributed by atoms with Crippen molar-refractivity contribution in [2.24, 2.45) is 0 Å². The molecule has 3 nitrogen and oxygen atoms in total. The molecule has 5 heteroatoms. The molecule has 0 atom stereocenters. The molecule has 0 radical (unpaired) electrons. The Balaban J connectivity index is 2.88. The van der Waals surface area contributed by atoms with Crippen molar-refractivity contribution in [2.75, 3.05) is 7.11 Å². The lowest BCUT2D eigenvalue weighted by molar-refractivity contribution is -0.0506. The molecule has 1 rings (SSSR count). The predicted octanol–water partition coefficient (Wildman–Crippen LogP) is 3.18. The average Bonchev–Trinajstić information content (AvgIpc) is 2.25. The van der Waals surface area contributed by atoms with Gasteiger partial charge in [0.2, 0.25) is 0 Å². The number of hydrogen-bond donors (Lipinski definition) is 1. The van der Waals surface area contributed by atoms with Crippen LogP contribution in [0.15, 0.2) is 18.2 Å². The number of halogens is 2. The van der Waals surface area contributed by atoms with Gasteiger partial charge in [0.25, 0.3) is 0 Å². The fourth-order valence-electron chi connectivity index (χ4n) is 1.37. The molecule has 0 aliphatic rings. The van der Waals surface area contributed by atoms with Crippen LogP contribution >= 0.6 is 0 Å². The van der Waals surface area contributed by atoms with Crippen LogP contribution < -0.4 is 14.8 Å². The van der Waals surface area contributed by atoms with Gasteiger partial charge < -0.3 is 14.8 Å². The van der Waals surface area contributed by atoms with E-state index in [2.05, 4.69) is 10.1 Å². The summed E-state index contributed by atoms with van der Waals surface area (Å²) in [6.07, 6.45) is 0. The summed E-state index contributed by atoms with van der Waals surface area (Å²) in [6.45, 7) is 3.62. The number of ether oxygens (including phenoxy) is 2. The summed E-state index contributed by atoms with van der Waals surface area (Å²) in [5.41, 5.74) is 0.577. The second-order valence-corrected chi connectivity index (χ2v) is 4.96. The van der Waals surface area contributed by atoms with Crippen molar-refractivity contribution in [1.82, 2.24) is 5.32 Å². The smallest absolute Gasteiger partial charge is 0.387 e. The Labute approximate surface area is 106 Å². The number of methoxy groups -OCH3 is 1. The normalized spacial score (nSPS) is 11.7. The minimum Gasteiger partial charge on any atom is -0.497 e. The molecule has 18 heavy (non-hydrogen) atoms. The molecule has 0 fully saturated rings. The van der Waals surface area contributed by atoms with Gasteiger partial charge in [-0.25, -0.2) is 0 Å². The van der Waals surface area contributed by atoms with Gasteiger partial charge in [-0.3, -0.25) is 0 Å². The van der Waals surface area contributed by atoms with Crippen molar-refractivity contribution >= 4 is 0 Å². The van der Waals surface area contributed by atoms with E-state index in [9.17, 15) is 8.78 Å². The highest BCUT2D eigenvalue weighted by atomic mass is 19.3. The van der Waals surface area contributed by atoms with Crippen LogP contribution in [0.25, 0.3) is 0 Å². The molecule has 0 aromatic heterocycles. The highest BCUT2D eigenvalue weighted by molar-refractivity contribution is 5.40. The van der Waals surface area contributed by atoms with Gasteiger partial charge in [0.15, 0.2) is 0 Å². The number of alkyl halides is 2. The zero-order chi connectivity index (χ0) is 13.8. The fraction of sp³-hybridized carbons (Fsp3) is 0.538. The van der Waals surface area contributed by atoms with E-state index in [4.69, 9.17) is 4.74 Å². The monoisotopic (exact) mass is 259 g/mol. The van der Waals surface area contributed by atoms with Crippen molar-refractivity contribution in [2.45, 2.75) is 39.5 Å². The molecule has 0 heterocycles. The molecule has 0 amide bonds. The van der Waals surface area contributed by atoms with Crippen LogP contribution in [0.2, 0.25) is 0 Å². The molecule has 0 saturated heterocycles. The predicted molar refractivity (Wildman–Crippen MR) is 66.2 cm³/mol. The molecule has 0 unspecified atom stereocenters. The topological polar surface area (TPSA) is 30.5 Å². The Morgan fingerprint density at radius 1 is 1.28 bits per heavy atom. The number of benzene rings is 1. The van der Waals surface area contributed by atoms with Crippen LogP contribution in [-0.2, 0) is 6.54 Å². The molecule has 0 aliphatic carbocycles. The molecular weight excluding hydrogens is 240 g/mol. The summed E-state index contributed by atoms with van der Waals surface area (Å²) in [7, 11) is 1.48. The van der Waals surface area contributed by atoms with Gasteiger partial charge in [0.1, 0.15) is 11.5 Å². The third kappa shape index (κ3) is 4.87. The Hall–Kier alpha value is -1.36. The Morgan fingerprint density at radius 3 is 2.44 bits per heavy atom. The molecule has 102 valence electrons. The maximum atomic E-state index is 12.3. The van der Waals surface area contributed by atoms with Crippen LogP contribution in [0.4, 0.5) is 8.78 Å². The van der Waals surface area contributed by atoms with Gasteiger partial charge in [0.05, 0.1) is 7.11 Å². The van der Waals surface area contributed by atoms with E-state index in [0.29, 0.717) is 17.9 Å². The van der Waals surface area contributed by atoms with E-state index >= 15 is 0 Å². The zero-order valence-electron chi connectivity index (χ0n) is 11.1. The third-order valence-corrected chi connectivity index (χ3v) is 2.30. The summed E-state index contributed by atoms with van der Waals surface area (Å²) in [4.78, 5) is 0. The van der Waals surface area contributed by atoms with E-state index < -0.39 is 6.61 Å². The molecule has 0 bridgehead atoms. The largest absolute Gasteiger partial charge is 0.497 e. The fourth-order valence-corrected chi connectivity index (χ4v) is 1.37. The number of nitrogens with one attached hydrogen (secondary N) is 1. The molecule has 1 aromatic carbocycles. The Morgan fingerprint density at radius 2 is 1.94 bits per heavy atom. The van der Waals surface area contributed by atoms with Gasteiger partial charge >= 0.3 is 6.61 Å². The molecule has 0 saturated carbocycles. The first-order valence-corrected chi connectivity index (χ1v) is 5.68. The second-order valence-electron chi connectivity index (χ2n) is 4.96. The van der Waals surface area contributed by atoms with Gasteiger partial charge in [0, 0.05) is 23.7 Å². The van der Waals surface area contributed by atoms with E-state index in [1.54, 1.807) is 12.1 Å². The van der Waals surface area contributed by atoms with Crippen LogP contribution in [0, 0.1) is 0 Å². The lowest BCUT2D eigenvalue weighted by Crippen LogP contribution is -2.35. The van der Waals surface area contributed by atoms with E-state index in [-0.39, 0.29) is 11.3 Å².